The van der Waals surface area contributed by atoms with Gasteiger partial charge in [0.15, 0.2) is 11.5 Å². The second-order valence-electron chi connectivity index (χ2n) is 9.41. The van der Waals surface area contributed by atoms with E-state index in [1.165, 1.54) is 6.33 Å². The predicted octanol–water partition coefficient (Wildman–Crippen LogP) is 3.22. The van der Waals surface area contributed by atoms with Gasteiger partial charge in [0, 0.05) is 19.5 Å². The van der Waals surface area contributed by atoms with Crippen LogP contribution in [-0.4, -0.2) is 62.3 Å². The van der Waals surface area contributed by atoms with Crippen LogP contribution in [0.15, 0.2) is 43.0 Å². The fourth-order valence-electron chi connectivity index (χ4n) is 3.47. The highest BCUT2D eigenvalue weighted by molar-refractivity contribution is 5.85. The number of esters is 2. The number of anilines is 1. The highest BCUT2D eigenvalue weighted by atomic mass is 16.6. The Morgan fingerprint density at radius 2 is 1.82 bits per heavy atom. The predicted molar refractivity (Wildman–Crippen MR) is 139 cm³/mol. The van der Waals surface area contributed by atoms with E-state index < -0.39 is 23.7 Å². The van der Waals surface area contributed by atoms with Crippen molar-refractivity contribution in [1.82, 2.24) is 24.8 Å². The van der Waals surface area contributed by atoms with Crippen LogP contribution in [0.1, 0.15) is 46.1 Å². The highest BCUT2D eigenvalue weighted by Gasteiger charge is 2.28. The molecular weight excluding hydrogens is 492 g/mol. The molecule has 12 nitrogen and oxygen atoms in total. The molecule has 2 aromatic heterocycles. The molecule has 0 aliphatic heterocycles. The number of fused-ring (bicyclic) bond motifs is 1. The van der Waals surface area contributed by atoms with Crippen LogP contribution in [0.2, 0.25) is 0 Å². The van der Waals surface area contributed by atoms with E-state index in [1.54, 1.807) is 34.0 Å². The summed E-state index contributed by atoms with van der Waals surface area (Å²) in [6, 6.07) is 8.15. The molecule has 0 bridgehead atoms. The quantitative estimate of drug-likeness (QED) is 0.266. The number of carbonyl (C=O) groups excluding carboxylic acids is 3. The summed E-state index contributed by atoms with van der Waals surface area (Å²) in [7, 11) is 0. The summed E-state index contributed by atoms with van der Waals surface area (Å²) < 4.78 is 17.5. The third-order valence-electron chi connectivity index (χ3n) is 5.16. The van der Waals surface area contributed by atoms with Gasteiger partial charge in [-0.05, 0) is 39.7 Å². The van der Waals surface area contributed by atoms with E-state index in [2.05, 4.69) is 25.6 Å². The molecule has 2 heterocycles. The summed E-state index contributed by atoms with van der Waals surface area (Å²) in [4.78, 5) is 49.9. The molecule has 0 aliphatic rings. The molecule has 204 valence electrons. The third kappa shape index (κ3) is 8.71. The number of rotatable bonds is 12. The minimum absolute atomic E-state index is 0.0306. The summed E-state index contributed by atoms with van der Waals surface area (Å²) in [6.45, 7) is 7.88. The third-order valence-corrected chi connectivity index (χ3v) is 5.16. The van der Waals surface area contributed by atoms with E-state index >= 15 is 0 Å². The molecule has 0 radical (unpaired) electrons. The molecule has 0 unspecified atom stereocenters. The van der Waals surface area contributed by atoms with Crippen LogP contribution in [0.25, 0.3) is 11.2 Å². The Hall–Kier alpha value is -4.22. The summed E-state index contributed by atoms with van der Waals surface area (Å²) in [5.41, 5.74) is 1.11. The Bertz CT molecular complexity index is 1220. The van der Waals surface area contributed by atoms with Crippen molar-refractivity contribution in [2.24, 2.45) is 0 Å². The maximum Gasteiger partial charge on any atom is 0.408 e. The zero-order valence-corrected chi connectivity index (χ0v) is 22.1. The topological polar surface area (TPSA) is 147 Å². The van der Waals surface area contributed by atoms with Crippen LogP contribution >= 0.6 is 0 Å². The van der Waals surface area contributed by atoms with Gasteiger partial charge in [-0.2, -0.15) is 0 Å². The molecular formula is C26H34N6O6. The number of carbonyl (C=O) groups is 3. The van der Waals surface area contributed by atoms with Crippen molar-refractivity contribution in [3.8, 4) is 0 Å². The largest absolute Gasteiger partial charge is 0.466 e. The van der Waals surface area contributed by atoms with Crippen LogP contribution in [0.5, 0.6) is 0 Å². The van der Waals surface area contributed by atoms with Gasteiger partial charge in [-0.1, -0.05) is 30.3 Å². The number of alkyl carbamates (subject to hydrolysis) is 1. The lowest BCUT2D eigenvalue weighted by Gasteiger charge is -2.24. The Labute approximate surface area is 221 Å². The first-order valence-electron chi connectivity index (χ1n) is 12.4. The second-order valence-corrected chi connectivity index (χ2v) is 9.41. The van der Waals surface area contributed by atoms with Crippen molar-refractivity contribution >= 4 is 35.0 Å². The van der Waals surface area contributed by atoms with Crippen molar-refractivity contribution in [3.05, 3.63) is 48.5 Å². The van der Waals surface area contributed by atoms with Crippen molar-refractivity contribution in [3.63, 3.8) is 0 Å². The van der Waals surface area contributed by atoms with Crippen molar-refractivity contribution in [2.45, 2.75) is 65.3 Å². The van der Waals surface area contributed by atoms with Crippen LogP contribution in [0, 0.1) is 0 Å². The molecule has 0 saturated carbocycles. The molecule has 38 heavy (non-hydrogen) atoms. The normalized spacial score (nSPS) is 12.0. The van der Waals surface area contributed by atoms with Crippen LogP contribution in [0.4, 0.5) is 10.6 Å². The van der Waals surface area contributed by atoms with Crippen molar-refractivity contribution < 1.29 is 28.6 Å². The highest BCUT2D eigenvalue weighted by Crippen LogP contribution is 2.18. The molecule has 0 spiro atoms. The number of aryl methyl sites for hydroxylation is 1. The zero-order chi connectivity index (χ0) is 27.5. The fourth-order valence-corrected chi connectivity index (χ4v) is 3.47. The summed E-state index contributed by atoms with van der Waals surface area (Å²) in [5.74, 6) is -0.500. The van der Waals surface area contributed by atoms with Crippen molar-refractivity contribution in [1.29, 1.82) is 0 Å². The van der Waals surface area contributed by atoms with E-state index in [0.29, 0.717) is 36.6 Å². The van der Waals surface area contributed by atoms with Gasteiger partial charge in [0.2, 0.25) is 0 Å². The molecule has 3 aromatic rings. The SMILES string of the molecule is CCOC(=O)CCCn1cnc2c(NC[C@H](NC(=O)OCc3ccccc3)C(=O)OC(C)(C)C)ncnc21. The molecule has 2 N–H and O–H groups in total. The number of amides is 1. The van der Waals surface area contributed by atoms with Crippen LogP contribution < -0.4 is 10.6 Å². The lowest BCUT2D eigenvalue weighted by molar-refractivity contribution is -0.157. The Kier molecular flexibility index (Phi) is 9.97. The van der Waals surface area contributed by atoms with Gasteiger partial charge in [-0.25, -0.2) is 24.5 Å². The minimum Gasteiger partial charge on any atom is -0.466 e. The van der Waals surface area contributed by atoms with Gasteiger partial charge >= 0.3 is 18.0 Å². The van der Waals surface area contributed by atoms with Gasteiger partial charge in [0.1, 0.15) is 30.1 Å². The number of hydrogen-bond acceptors (Lipinski definition) is 10. The molecule has 12 heteroatoms. The average Bonchev–Trinajstić information content (AvgIpc) is 3.28. The van der Waals surface area contributed by atoms with E-state index in [0.717, 1.165) is 5.56 Å². The fraction of sp³-hybridized carbons (Fsp3) is 0.462. The van der Waals surface area contributed by atoms with E-state index in [-0.39, 0.29) is 25.5 Å². The Balaban J connectivity index is 1.66. The van der Waals surface area contributed by atoms with Gasteiger partial charge in [0.05, 0.1) is 12.9 Å². The maximum atomic E-state index is 12.9. The first-order valence-corrected chi connectivity index (χ1v) is 12.4. The van der Waals surface area contributed by atoms with Gasteiger partial charge in [0.25, 0.3) is 0 Å². The molecule has 0 fully saturated rings. The summed E-state index contributed by atoms with van der Waals surface area (Å²) >= 11 is 0. The number of nitrogens with zero attached hydrogens (tertiary/aromatic N) is 4. The number of ether oxygens (including phenoxy) is 3. The smallest absolute Gasteiger partial charge is 0.408 e. The van der Waals surface area contributed by atoms with E-state index in [1.807, 2.05) is 34.9 Å². The Morgan fingerprint density at radius 1 is 1.05 bits per heavy atom. The summed E-state index contributed by atoms with van der Waals surface area (Å²) in [5, 5.41) is 5.64. The first kappa shape index (κ1) is 28.4. The number of imidazole rings is 1. The van der Waals surface area contributed by atoms with Crippen LogP contribution in [0.3, 0.4) is 0 Å². The van der Waals surface area contributed by atoms with Crippen LogP contribution in [-0.2, 0) is 37.0 Å². The van der Waals surface area contributed by atoms with Crippen molar-refractivity contribution in [2.75, 3.05) is 18.5 Å². The minimum atomic E-state index is -1.06. The maximum absolute atomic E-state index is 12.9. The van der Waals surface area contributed by atoms with Gasteiger partial charge < -0.3 is 29.4 Å². The molecule has 1 atom stereocenters. The monoisotopic (exact) mass is 526 g/mol. The number of hydrogen-bond donors (Lipinski definition) is 2. The second kappa shape index (κ2) is 13.4. The number of benzene rings is 1. The molecule has 3 rings (SSSR count). The molecule has 1 amide bonds. The number of aromatic nitrogens is 4. The molecule has 0 aliphatic carbocycles. The first-order chi connectivity index (χ1) is 18.2. The zero-order valence-electron chi connectivity index (χ0n) is 22.1. The molecule has 0 saturated heterocycles. The average molecular weight is 527 g/mol. The standard InChI is InChI=1S/C26H34N6O6/c1-5-36-20(33)12-9-13-32-17-30-21-22(28-16-29-23(21)32)27-14-19(24(34)38-26(2,3)4)31-25(35)37-15-18-10-7-6-8-11-18/h6-8,10-11,16-17,19H,5,9,12-15H2,1-4H3,(H,31,35)(H,27,28,29)/t19-/m0/s1. The lowest BCUT2D eigenvalue weighted by Crippen LogP contribution is -2.48. The van der Waals surface area contributed by atoms with E-state index in [9.17, 15) is 14.4 Å². The van der Waals surface area contributed by atoms with Gasteiger partial charge in [-0.3, -0.25) is 4.79 Å². The number of nitrogens with one attached hydrogen (secondary N) is 2. The molecule has 1 aromatic carbocycles. The summed E-state index contributed by atoms with van der Waals surface area (Å²) in [6.07, 6.45) is 3.07. The lowest BCUT2D eigenvalue weighted by atomic mass is 10.2. The van der Waals surface area contributed by atoms with E-state index in [4.69, 9.17) is 14.2 Å². The van der Waals surface area contributed by atoms with Gasteiger partial charge in [-0.15, -0.1) is 0 Å². The Morgan fingerprint density at radius 3 is 2.53 bits per heavy atom.